The number of aromatic nitrogens is 1. The van der Waals surface area contributed by atoms with E-state index in [1.165, 1.54) is 0 Å². The van der Waals surface area contributed by atoms with Crippen LogP contribution >= 0.6 is 24.8 Å². The molecular formula is C12H17Cl2N3O2. The van der Waals surface area contributed by atoms with Gasteiger partial charge in [-0.15, -0.1) is 24.8 Å². The fraction of sp³-hybridized carbons (Fsp3) is 0.333. The molecule has 2 aromatic rings. The van der Waals surface area contributed by atoms with E-state index in [1.807, 2.05) is 26.1 Å². The van der Waals surface area contributed by atoms with Gasteiger partial charge in [-0.1, -0.05) is 0 Å². The van der Waals surface area contributed by atoms with Crippen molar-refractivity contribution in [3.05, 3.63) is 29.7 Å². The molecule has 106 valence electrons. The SMILES string of the molecule is CNCCNC(=O)c1cc2nc(C)ccc2o1.Cl.Cl. The van der Waals surface area contributed by atoms with E-state index in [0.29, 0.717) is 23.4 Å². The monoisotopic (exact) mass is 305 g/mol. The van der Waals surface area contributed by atoms with Crippen molar-refractivity contribution in [2.75, 3.05) is 20.1 Å². The minimum atomic E-state index is -0.212. The quantitative estimate of drug-likeness (QED) is 0.847. The van der Waals surface area contributed by atoms with Crippen LogP contribution in [0.3, 0.4) is 0 Å². The fourth-order valence-electron chi connectivity index (χ4n) is 1.53. The average Bonchev–Trinajstić information content (AvgIpc) is 2.72. The molecule has 5 nitrogen and oxygen atoms in total. The van der Waals surface area contributed by atoms with Crippen molar-refractivity contribution in [3.8, 4) is 0 Å². The number of likely N-dealkylation sites (N-methyl/N-ethyl adjacent to an activating group) is 1. The Morgan fingerprint density at radius 1 is 1.32 bits per heavy atom. The van der Waals surface area contributed by atoms with E-state index in [1.54, 1.807) is 6.07 Å². The van der Waals surface area contributed by atoms with Gasteiger partial charge in [-0.05, 0) is 26.1 Å². The molecule has 0 radical (unpaired) electrons. The van der Waals surface area contributed by atoms with Gasteiger partial charge in [0.15, 0.2) is 11.3 Å². The van der Waals surface area contributed by atoms with Crippen molar-refractivity contribution in [3.63, 3.8) is 0 Å². The van der Waals surface area contributed by atoms with Crippen LogP contribution in [0.2, 0.25) is 0 Å². The van der Waals surface area contributed by atoms with Crippen LogP contribution in [0.1, 0.15) is 16.2 Å². The molecule has 0 spiro atoms. The Morgan fingerprint density at radius 2 is 2.05 bits per heavy atom. The minimum absolute atomic E-state index is 0. The molecule has 2 aromatic heterocycles. The lowest BCUT2D eigenvalue weighted by Gasteiger charge is -2.00. The largest absolute Gasteiger partial charge is 0.449 e. The summed E-state index contributed by atoms with van der Waals surface area (Å²) in [5.41, 5.74) is 2.25. The highest BCUT2D eigenvalue weighted by Gasteiger charge is 2.12. The average molecular weight is 306 g/mol. The number of nitrogens with zero attached hydrogens (tertiary/aromatic N) is 1. The molecule has 0 aromatic carbocycles. The van der Waals surface area contributed by atoms with E-state index in [9.17, 15) is 4.79 Å². The highest BCUT2D eigenvalue weighted by Crippen LogP contribution is 2.17. The van der Waals surface area contributed by atoms with E-state index in [0.717, 1.165) is 12.2 Å². The topological polar surface area (TPSA) is 67.2 Å². The third kappa shape index (κ3) is 4.38. The van der Waals surface area contributed by atoms with Gasteiger partial charge < -0.3 is 15.1 Å². The number of hydrogen-bond acceptors (Lipinski definition) is 4. The van der Waals surface area contributed by atoms with Gasteiger partial charge in [-0.2, -0.15) is 0 Å². The first-order valence-electron chi connectivity index (χ1n) is 5.50. The first-order valence-corrected chi connectivity index (χ1v) is 5.50. The molecule has 0 aliphatic carbocycles. The van der Waals surface area contributed by atoms with Crippen LogP contribution < -0.4 is 10.6 Å². The zero-order valence-electron chi connectivity index (χ0n) is 10.7. The Labute approximate surface area is 124 Å². The van der Waals surface area contributed by atoms with Crippen molar-refractivity contribution in [2.24, 2.45) is 0 Å². The van der Waals surface area contributed by atoms with Crippen molar-refractivity contribution in [1.29, 1.82) is 0 Å². The Morgan fingerprint density at radius 3 is 2.74 bits per heavy atom. The van der Waals surface area contributed by atoms with Crippen molar-refractivity contribution in [1.82, 2.24) is 15.6 Å². The number of nitrogens with one attached hydrogen (secondary N) is 2. The Hall–Kier alpha value is -1.30. The molecule has 0 aliphatic rings. The molecule has 7 heteroatoms. The fourth-order valence-corrected chi connectivity index (χ4v) is 1.53. The van der Waals surface area contributed by atoms with E-state index in [-0.39, 0.29) is 30.7 Å². The highest BCUT2D eigenvalue weighted by molar-refractivity contribution is 5.95. The summed E-state index contributed by atoms with van der Waals surface area (Å²) >= 11 is 0. The highest BCUT2D eigenvalue weighted by atomic mass is 35.5. The molecule has 1 amide bonds. The van der Waals surface area contributed by atoms with Crippen molar-refractivity contribution < 1.29 is 9.21 Å². The molecule has 0 atom stereocenters. The van der Waals surface area contributed by atoms with Crippen molar-refractivity contribution >= 4 is 41.8 Å². The molecule has 0 aliphatic heterocycles. The standard InChI is InChI=1S/C12H15N3O2.2ClH/c1-8-3-4-10-9(15-8)7-11(17-10)12(16)14-6-5-13-2;;/h3-4,7,13H,5-6H2,1-2H3,(H,14,16);2*1H. The molecule has 2 rings (SSSR count). The number of fused-ring (bicyclic) bond motifs is 1. The second-order valence-corrected chi connectivity index (χ2v) is 3.81. The van der Waals surface area contributed by atoms with Gasteiger partial charge in [-0.25, -0.2) is 4.98 Å². The normalized spacial score (nSPS) is 9.58. The Bertz CT molecular complexity index is 543. The van der Waals surface area contributed by atoms with E-state index in [4.69, 9.17) is 4.42 Å². The maximum absolute atomic E-state index is 11.7. The maximum Gasteiger partial charge on any atom is 0.287 e. The summed E-state index contributed by atoms with van der Waals surface area (Å²) in [5.74, 6) is 0.0881. The predicted molar refractivity (Wildman–Crippen MR) is 79.5 cm³/mol. The summed E-state index contributed by atoms with van der Waals surface area (Å²) < 4.78 is 5.42. The molecule has 19 heavy (non-hydrogen) atoms. The first-order chi connectivity index (χ1) is 8.20. The van der Waals surface area contributed by atoms with Crippen LogP contribution in [0.25, 0.3) is 11.1 Å². The molecule has 0 saturated carbocycles. The summed E-state index contributed by atoms with van der Waals surface area (Å²) in [6, 6.07) is 5.34. The van der Waals surface area contributed by atoms with Gasteiger partial charge >= 0.3 is 0 Å². The first kappa shape index (κ1) is 17.7. The van der Waals surface area contributed by atoms with Crippen LogP contribution in [0.4, 0.5) is 0 Å². The number of carbonyl (C=O) groups excluding carboxylic acids is 1. The smallest absolute Gasteiger partial charge is 0.287 e. The molecular weight excluding hydrogens is 289 g/mol. The third-order valence-corrected chi connectivity index (χ3v) is 2.40. The number of aryl methyl sites for hydroxylation is 1. The number of furan rings is 1. The van der Waals surface area contributed by atoms with Crippen LogP contribution in [-0.2, 0) is 0 Å². The summed E-state index contributed by atoms with van der Waals surface area (Å²) in [5, 5.41) is 5.70. The summed E-state index contributed by atoms with van der Waals surface area (Å²) in [7, 11) is 1.83. The lowest BCUT2D eigenvalue weighted by Crippen LogP contribution is -2.30. The van der Waals surface area contributed by atoms with Crippen LogP contribution in [0.15, 0.2) is 22.6 Å². The Kier molecular flexibility index (Phi) is 7.44. The lowest BCUT2D eigenvalue weighted by molar-refractivity contribution is 0.0928. The van der Waals surface area contributed by atoms with Gasteiger partial charge in [0.05, 0.1) is 0 Å². The Balaban J connectivity index is 0.00000162. The van der Waals surface area contributed by atoms with Crippen LogP contribution in [-0.4, -0.2) is 31.0 Å². The number of pyridine rings is 1. The number of rotatable bonds is 4. The van der Waals surface area contributed by atoms with E-state index >= 15 is 0 Å². The second-order valence-electron chi connectivity index (χ2n) is 3.81. The second kappa shape index (κ2) is 7.99. The van der Waals surface area contributed by atoms with Gasteiger partial charge in [-0.3, -0.25) is 4.79 Å². The van der Waals surface area contributed by atoms with Gasteiger partial charge in [0.25, 0.3) is 5.91 Å². The zero-order valence-corrected chi connectivity index (χ0v) is 12.4. The van der Waals surface area contributed by atoms with E-state index < -0.39 is 0 Å². The van der Waals surface area contributed by atoms with Crippen molar-refractivity contribution in [2.45, 2.75) is 6.92 Å². The molecule has 0 saturated heterocycles. The lowest BCUT2D eigenvalue weighted by atomic mass is 10.3. The van der Waals surface area contributed by atoms with Gasteiger partial charge in [0, 0.05) is 24.8 Å². The summed E-state index contributed by atoms with van der Waals surface area (Å²) in [6.45, 7) is 3.20. The van der Waals surface area contributed by atoms with Gasteiger partial charge in [0.1, 0.15) is 5.52 Å². The molecule has 2 N–H and O–H groups in total. The predicted octanol–water partition coefficient (Wildman–Crippen LogP) is 1.93. The minimum Gasteiger partial charge on any atom is -0.449 e. The molecule has 0 bridgehead atoms. The molecule has 2 heterocycles. The maximum atomic E-state index is 11.7. The number of hydrogen-bond donors (Lipinski definition) is 2. The molecule has 0 unspecified atom stereocenters. The number of halogens is 2. The zero-order chi connectivity index (χ0) is 12.3. The van der Waals surface area contributed by atoms with Crippen LogP contribution in [0.5, 0.6) is 0 Å². The summed E-state index contributed by atoms with van der Waals surface area (Å²) in [6.07, 6.45) is 0. The summed E-state index contributed by atoms with van der Waals surface area (Å²) in [4.78, 5) is 16.0. The number of carbonyl (C=O) groups is 1. The van der Waals surface area contributed by atoms with E-state index in [2.05, 4.69) is 15.6 Å². The number of amides is 1. The van der Waals surface area contributed by atoms with Crippen LogP contribution in [0, 0.1) is 6.92 Å². The van der Waals surface area contributed by atoms with Gasteiger partial charge in [0.2, 0.25) is 0 Å². The molecule has 0 fully saturated rings. The third-order valence-electron chi connectivity index (χ3n) is 2.40.